The Hall–Kier alpha value is -1.37. The zero-order chi connectivity index (χ0) is 15.8. The van der Waals surface area contributed by atoms with E-state index in [9.17, 15) is 12.8 Å². The van der Waals surface area contributed by atoms with Crippen molar-refractivity contribution in [3.8, 4) is 0 Å². The molecule has 0 spiro atoms. The van der Waals surface area contributed by atoms with Gasteiger partial charge in [-0.25, -0.2) is 17.8 Å². The van der Waals surface area contributed by atoms with E-state index in [-0.39, 0.29) is 21.3 Å². The highest BCUT2D eigenvalue weighted by atomic mass is 35.5. The second kappa shape index (κ2) is 5.79. The van der Waals surface area contributed by atoms with Crippen LogP contribution in [0.1, 0.15) is 11.3 Å². The molecule has 0 aliphatic carbocycles. The first-order valence-electron chi connectivity index (χ1n) is 5.82. The van der Waals surface area contributed by atoms with Crippen LogP contribution in [0.5, 0.6) is 0 Å². The van der Waals surface area contributed by atoms with Gasteiger partial charge in [-0.2, -0.15) is 0 Å². The normalized spacial score (nSPS) is 11.5. The van der Waals surface area contributed by atoms with Gasteiger partial charge in [-0.3, -0.25) is 4.72 Å². The Balaban J connectivity index is 2.45. The maximum atomic E-state index is 13.1. The number of halogens is 3. The Labute approximate surface area is 132 Å². The first-order valence-corrected chi connectivity index (χ1v) is 8.06. The minimum atomic E-state index is -3.92. The highest BCUT2D eigenvalue weighted by molar-refractivity contribution is 7.92. The van der Waals surface area contributed by atoms with Gasteiger partial charge in [0.15, 0.2) is 5.82 Å². The van der Waals surface area contributed by atoms with Crippen LogP contribution < -0.4 is 4.72 Å². The Morgan fingerprint density at radius 2 is 1.81 bits per heavy atom. The molecule has 0 bridgehead atoms. The summed E-state index contributed by atoms with van der Waals surface area (Å²) in [5, 5.41) is 0.412. The van der Waals surface area contributed by atoms with E-state index in [1.165, 1.54) is 19.1 Å². The summed E-state index contributed by atoms with van der Waals surface area (Å²) in [4.78, 5) is 3.96. The summed E-state index contributed by atoms with van der Waals surface area (Å²) in [6, 6.07) is 4.80. The predicted molar refractivity (Wildman–Crippen MR) is 80.9 cm³/mol. The summed E-state index contributed by atoms with van der Waals surface area (Å²) < 4.78 is 40.0. The summed E-state index contributed by atoms with van der Waals surface area (Å²) in [6.07, 6.45) is 0. The smallest absolute Gasteiger partial charge is 0.262 e. The maximum Gasteiger partial charge on any atom is 0.263 e. The summed E-state index contributed by atoms with van der Waals surface area (Å²) in [5.74, 6) is -0.535. The predicted octanol–water partition coefficient (Wildman–Crippen LogP) is 3.95. The molecule has 0 atom stereocenters. The molecule has 0 radical (unpaired) electrons. The van der Waals surface area contributed by atoms with Gasteiger partial charge in [0.05, 0.1) is 20.6 Å². The third kappa shape index (κ3) is 3.45. The number of aryl methyl sites for hydroxylation is 2. The molecule has 4 nitrogen and oxygen atoms in total. The molecule has 1 aromatic heterocycles. The lowest BCUT2D eigenvalue weighted by molar-refractivity contribution is 0.598. The molecule has 1 aromatic carbocycles. The number of aromatic nitrogens is 1. The number of anilines is 1. The van der Waals surface area contributed by atoms with Crippen molar-refractivity contribution < 1.29 is 12.8 Å². The molecule has 112 valence electrons. The van der Waals surface area contributed by atoms with Crippen molar-refractivity contribution in [1.82, 2.24) is 4.98 Å². The molecule has 0 amide bonds. The summed E-state index contributed by atoms with van der Waals surface area (Å²) >= 11 is 11.8. The van der Waals surface area contributed by atoms with E-state index in [4.69, 9.17) is 23.2 Å². The minimum absolute atomic E-state index is 0.0257. The van der Waals surface area contributed by atoms with Crippen LogP contribution in [0, 0.1) is 19.7 Å². The Kier molecular flexibility index (Phi) is 4.41. The zero-order valence-corrected chi connectivity index (χ0v) is 13.4. The van der Waals surface area contributed by atoms with Crippen LogP contribution in [0.2, 0.25) is 10.0 Å². The second-order valence-corrected chi connectivity index (χ2v) is 6.87. The van der Waals surface area contributed by atoms with E-state index in [0.29, 0.717) is 10.7 Å². The molecule has 0 saturated carbocycles. The van der Waals surface area contributed by atoms with Crippen LogP contribution >= 0.6 is 23.2 Å². The van der Waals surface area contributed by atoms with E-state index in [0.717, 1.165) is 12.1 Å². The monoisotopic (exact) mass is 348 g/mol. The first kappa shape index (κ1) is 16.0. The van der Waals surface area contributed by atoms with Crippen molar-refractivity contribution in [2.75, 3.05) is 4.72 Å². The quantitative estimate of drug-likeness (QED) is 0.913. The van der Waals surface area contributed by atoms with Gasteiger partial charge in [0.2, 0.25) is 0 Å². The fourth-order valence-electron chi connectivity index (χ4n) is 1.73. The fourth-order valence-corrected chi connectivity index (χ4v) is 3.44. The third-order valence-corrected chi connectivity index (χ3v) is 4.93. The van der Waals surface area contributed by atoms with Gasteiger partial charge in [-0.05, 0) is 43.7 Å². The summed E-state index contributed by atoms with van der Waals surface area (Å²) in [5.41, 5.74) is 0.721. The van der Waals surface area contributed by atoms with Crippen LogP contribution in [-0.4, -0.2) is 13.4 Å². The average Bonchev–Trinajstić information content (AvgIpc) is 2.35. The van der Waals surface area contributed by atoms with Gasteiger partial charge in [0, 0.05) is 0 Å². The number of hydrogen-bond acceptors (Lipinski definition) is 3. The second-order valence-electron chi connectivity index (χ2n) is 4.40. The van der Waals surface area contributed by atoms with E-state index in [2.05, 4.69) is 9.71 Å². The van der Waals surface area contributed by atoms with Crippen LogP contribution in [0.25, 0.3) is 0 Å². The molecule has 0 aliphatic heterocycles. The summed E-state index contributed by atoms with van der Waals surface area (Å²) in [7, 11) is -3.92. The van der Waals surface area contributed by atoms with Crippen molar-refractivity contribution >= 4 is 39.0 Å². The van der Waals surface area contributed by atoms with Crippen LogP contribution in [0.4, 0.5) is 10.2 Å². The van der Waals surface area contributed by atoms with Gasteiger partial charge >= 0.3 is 0 Å². The summed E-state index contributed by atoms with van der Waals surface area (Å²) in [6.45, 7) is 3.12. The van der Waals surface area contributed by atoms with Gasteiger partial charge in [0.1, 0.15) is 5.82 Å². The maximum absolute atomic E-state index is 13.1. The standard InChI is InChI=1S/C13H11Cl2FN2O2S/c1-7-5-9(16)3-4-12(7)21(19,20)18-13-11(15)6-10(14)8(2)17-13/h3-6H,1-2H3,(H,17,18). The molecule has 1 N–H and O–H groups in total. The molecule has 0 saturated heterocycles. The molecule has 21 heavy (non-hydrogen) atoms. The minimum Gasteiger partial charge on any atom is -0.262 e. The first-order chi connectivity index (χ1) is 9.70. The van der Waals surface area contributed by atoms with Gasteiger partial charge < -0.3 is 0 Å². The lowest BCUT2D eigenvalue weighted by Gasteiger charge is -2.12. The third-order valence-electron chi connectivity index (χ3n) is 2.76. The Morgan fingerprint density at radius 1 is 1.14 bits per heavy atom. The van der Waals surface area contributed by atoms with Gasteiger partial charge in [0.25, 0.3) is 10.0 Å². The lowest BCUT2D eigenvalue weighted by Crippen LogP contribution is -2.16. The van der Waals surface area contributed by atoms with E-state index in [1.54, 1.807) is 6.92 Å². The lowest BCUT2D eigenvalue weighted by atomic mass is 10.2. The molecular formula is C13H11Cl2FN2O2S. The Bertz CT molecular complexity index is 810. The van der Waals surface area contributed by atoms with Crippen LogP contribution in [0.15, 0.2) is 29.2 Å². The molecule has 0 unspecified atom stereocenters. The fraction of sp³-hybridized carbons (Fsp3) is 0.154. The highest BCUT2D eigenvalue weighted by Gasteiger charge is 2.20. The van der Waals surface area contributed by atoms with Crippen molar-refractivity contribution in [2.45, 2.75) is 18.7 Å². The number of hydrogen-bond donors (Lipinski definition) is 1. The number of nitrogens with one attached hydrogen (secondary N) is 1. The molecule has 0 fully saturated rings. The zero-order valence-electron chi connectivity index (χ0n) is 11.1. The van der Waals surface area contributed by atoms with E-state index >= 15 is 0 Å². The van der Waals surface area contributed by atoms with Crippen LogP contribution in [-0.2, 0) is 10.0 Å². The molecule has 2 rings (SSSR count). The molecule has 2 aromatic rings. The molecular weight excluding hydrogens is 338 g/mol. The van der Waals surface area contributed by atoms with Crippen molar-refractivity contribution in [2.24, 2.45) is 0 Å². The number of benzene rings is 1. The van der Waals surface area contributed by atoms with Gasteiger partial charge in [-0.15, -0.1) is 0 Å². The van der Waals surface area contributed by atoms with Crippen LogP contribution in [0.3, 0.4) is 0 Å². The van der Waals surface area contributed by atoms with Gasteiger partial charge in [-0.1, -0.05) is 23.2 Å². The average molecular weight is 349 g/mol. The van der Waals surface area contributed by atoms with E-state index in [1.807, 2.05) is 0 Å². The topological polar surface area (TPSA) is 59.1 Å². The number of rotatable bonds is 3. The number of sulfonamides is 1. The largest absolute Gasteiger partial charge is 0.263 e. The van der Waals surface area contributed by atoms with Crippen molar-refractivity contribution in [3.05, 3.63) is 51.4 Å². The molecule has 0 aliphatic rings. The van der Waals surface area contributed by atoms with Crippen molar-refractivity contribution in [3.63, 3.8) is 0 Å². The molecule has 8 heteroatoms. The number of nitrogens with zero attached hydrogens (tertiary/aromatic N) is 1. The highest BCUT2D eigenvalue weighted by Crippen LogP contribution is 2.28. The Morgan fingerprint density at radius 3 is 2.43 bits per heavy atom. The SMILES string of the molecule is Cc1cc(F)ccc1S(=O)(=O)Nc1nc(C)c(Cl)cc1Cl. The van der Waals surface area contributed by atoms with E-state index < -0.39 is 15.8 Å². The molecule has 1 heterocycles. The number of pyridine rings is 1. The van der Waals surface area contributed by atoms with Crippen molar-refractivity contribution in [1.29, 1.82) is 0 Å².